The standard InChI is InChI=1S/C23H18O/c24-23(19-13-2-1-3-14-19)21-16-8-15-20(17-9-4-5-10-17)22(21)18-11-6-7-12-18/h1-9,11,13-16H,10,12H2. The average Bonchev–Trinajstić information content (AvgIpc) is 3.35. The zero-order valence-electron chi connectivity index (χ0n) is 13.4. The summed E-state index contributed by atoms with van der Waals surface area (Å²) in [6, 6.07) is 15.6. The fourth-order valence-electron chi connectivity index (χ4n) is 3.38. The van der Waals surface area contributed by atoms with Crippen LogP contribution in [-0.4, -0.2) is 5.78 Å². The van der Waals surface area contributed by atoms with Crippen molar-refractivity contribution in [2.24, 2.45) is 0 Å². The van der Waals surface area contributed by atoms with Crippen molar-refractivity contribution in [2.45, 2.75) is 12.8 Å². The number of rotatable bonds is 4. The Balaban J connectivity index is 1.87. The molecule has 2 aromatic rings. The Hall–Kier alpha value is -2.93. The molecule has 1 nitrogen and oxygen atoms in total. The van der Waals surface area contributed by atoms with Gasteiger partial charge in [-0.3, -0.25) is 4.79 Å². The summed E-state index contributed by atoms with van der Waals surface area (Å²) in [5.74, 6) is 0.0896. The van der Waals surface area contributed by atoms with E-state index in [4.69, 9.17) is 0 Å². The molecule has 4 rings (SSSR count). The topological polar surface area (TPSA) is 17.1 Å². The third kappa shape index (κ3) is 2.59. The molecule has 24 heavy (non-hydrogen) atoms. The molecule has 2 aromatic carbocycles. The molecule has 0 unspecified atom stereocenters. The lowest BCUT2D eigenvalue weighted by Crippen LogP contribution is -2.07. The second-order valence-electron chi connectivity index (χ2n) is 6.07. The molecule has 116 valence electrons. The number of allylic oxidation sites excluding steroid dienone is 8. The number of carbonyl (C=O) groups excluding carboxylic acids is 1. The molecule has 0 saturated heterocycles. The highest BCUT2D eigenvalue weighted by molar-refractivity contribution is 6.12. The minimum atomic E-state index is 0.0896. The molecule has 0 atom stereocenters. The maximum Gasteiger partial charge on any atom is 0.193 e. The van der Waals surface area contributed by atoms with Gasteiger partial charge in [0.25, 0.3) is 0 Å². The molecule has 0 fully saturated rings. The summed E-state index contributed by atoms with van der Waals surface area (Å²) < 4.78 is 0. The van der Waals surface area contributed by atoms with Crippen molar-refractivity contribution in [1.82, 2.24) is 0 Å². The maximum atomic E-state index is 13.1. The molecule has 0 spiro atoms. The minimum Gasteiger partial charge on any atom is -0.289 e. The highest BCUT2D eigenvalue weighted by atomic mass is 16.1. The summed E-state index contributed by atoms with van der Waals surface area (Å²) in [5.41, 5.74) is 6.30. The smallest absolute Gasteiger partial charge is 0.193 e. The molecule has 0 aliphatic heterocycles. The van der Waals surface area contributed by atoms with Crippen molar-refractivity contribution in [1.29, 1.82) is 0 Å². The maximum absolute atomic E-state index is 13.1. The van der Waals surface area contributed by atoms with Crippen LogP contribution in [0.2, 0.25) is 0 Å². The van der Waals surface area contributed by atoms with E-state index in [1.807, 2.05) is 42.5 Å². The molecule has 0 saturated carbocycles. The van der Waals surface area contributed by atoms with Crippen molar-refractivity contribution in [3.63, 3.8) is 0 Å². The van der Waals surface area contributed by atoms with E-state index in [1.54, 1.807) is 0 Å². The number of ketones is 1. The Morgan fingerprint density at radius 1 is 0.750 bits per heavy atom. The molecular formula is C23H18O. The second kappa shape index (κ2) is 6.29. The van der Waals surface area contributed by atoms with E-state index in [1.165, 1.54) is 16.7 Å². The fraction of sp³-hybridized carbons (Fsp3) is 0.0870. The van der Waals surface area contributed by atoms with Crippen molar-refractivity contribution in [3.8, 4) is 0 Å². The third-order valence-electron chi connectivity index (χ3n) is 4.55. The molecule has 0 heterocycles. The van der Waals surface area contributed by atoms with Gasteiger partial charge < -0.3 is 0 Å². The van der Waals surface area contributed by atoms with Crippen LogP contribution in [0, 0.1) is 0 Å². The Morgan fingerprint density at radius 3 is 2.12 bits per heavy atom. The van der Waals surface area contributed by atoms with E-state index in [-0.39, 0.29) is 5.78 Å². The minimum absolute atomic E-state index is 0.0896. The normalized spacial score (nSPS) is 15.5. The zero-order chi connectivity index (χ0) is 16.4. The Bertz CT molecular complexity index is 908. The van der Waals surface area contributed by atoms with E-state index in [2.05, 4.69) is 42.5 Å². The van der Waals surface area contributed by atoms with Gasteiger partial charge in [0.2, 0.25) is 0 Å². The lowest BCUT2D eigenvalue weighted by Gasteiger charge is -2.16. The van der Waals surface area contributed by atoms with Crippen LogP contribution in [0.15, 0.2) is 85.0 Å². The number of benzene rings is 2. The van der Waals surface area contributed by atoms with Crippen LogP contribution >= 0.6 is 0 Å². The SMILES string of the molecule is O=C(c1ccccc1)c1cccc(C2=CC=CC2)c1C1=CC=CC1. The zero-order valence-corrected chi connectivity index (χ0v) is 13.4. The summed E-state index contributed by atoms with van der Waals surface area (Å²) in [4.78, 5) is 13.1. The summed E-state index contributed by atoms with van der Waals surface area (Å²) in [5, 5.41) is 0. The lowest BCUT2D eigenvalue weighted by molar-refractivity contribution is 0.103. The molecule has 0 aromatic heterocycles. The predicted octanol–water partition coefficient (Wildman–Crippen LogP) is 5.60. The van der Waals surface area contributed by atoms with Crippen molar-refractivity contribution >= 4 is 16.9 Å². The summed E-state index contributed by atoms with van der Waals surface area (Å²) in [7, 11) is 0. The predicted molar refractivity (Wildman–Crippen MR) is 99.8 cm³/mol. The van der Waals surface area contributed by atoms with E-state index in [0.717, 1.165) is 29.5 Å². The first-order chi connectivity index (χ1) is 11.8. The summed E-state index contributed by atoms with van der Waals surface area (Å²) in [6.07, 6.45) is 14.6. The molecular weight excluding hydrogens is 292 g/mol. The van der Waals surface area contributed by atoms with Gasteiger partial charge in [0, 0.05) is 11.1 Å². The third-order valence-corrected chi connectivity index (χ3v) is 4.55. The number of hydrogen-bond acceptors (Lipinski definition) is 1. The van der Waals surface area contributed by atoms with Gasteiger partial charge in [-0.15, -0.1) is 0 Å². The first kappa shape index (κ1) is 14.6. The largest absolute Gasteiger partial charge is 0.289 e. The molecule has 2 aliphatic carbocycles. The van der Waals surface area contributed by atoms with E-state index in [9.17, 15) is 4.79 Å². The van der Waals surface area contributed by atoms with Gasteiger partial charge in [0.1, 0.15) is 0 Å². The molecule has 0 bridgehead atoms. The Morgan fingerprint density at radius 2 is 1.46 bits per heavy atom. The highest BCUT2D eigenvalue weighted by Crippen LogP contribution is 2.36. The molecule has 0 amide bonds. The Kier molecular flexibility index (Phi) is 3.84. The quantitative estimate of drug-likeness (QED) is 0.671. The Labute approximate surface area is 142 Å². The van der Waals surface area contributed by atoms with E-state index < -0.39 is 0 Å². The highest BCUT2D eigenvalue weighted by Gasteiger charge is 2.21. The van der Waals surface area contributed by atoms with Crippen LogP contribution in [0.4, 0.5) is 0 Å². The molecule has 0 N–H and O–H groups in total. The molecule has 1 heteroatoms. The number of hydrogen-bond donors (Lipinski definition) is 0. The van der Waals surface area contributed by atoms with Crippen LogP contribution in [0.5, 0.6) is 0 Å². The first-order valence-electron chi connectivity index (χ1n) is 8.29. The monoisotopic (exact) mass is 310 g/mol. The first-order valence-corrected chi connectivity index (χ1v) is 8.29. The fourth-order valence-corrected chi connectivity index (χ4v) is 3.38. The van der Waals surface area contributed by atoms with Gasteiger partial charge in [0.05, 0.1) is 0 Å². The van der Waals surface area contributed by atoms with Gasteiger partial charge in [-0.25, -0.2) is 0 Å². The molecule has 0 radical (unpaired) electrons. The van der Waals surface area contributed by atoms with Crippen molar-refractivity contribution < 1.29 is 4.79 Å². The summed E-state index contributed by atoms with van der Waals surface area (Å²) >= 11 is 0. The van der Waals surface area contributed by atoms with Gasteiger partial charge in [-0.05, 0) is 35.1 Å². The van der Waals surface area contributed by atoms with Crippen molar-refractivity contribution in [3.05, 3.63) is 107 Å². The van der Waals surface area contributed by atoms with Gasteiger partial charge >= 0.3 is 0 Å². The second-order valence-corrected chi connectivity index (χ2v) is 6.07. The van der Waals surface area contributed by atoms with Crippen LogP contribution < -0.4 is 0 Å². The van der Waals surface area contributed by atoms with Gasteiger partial charge in [-0.2, -0.15) is 0 Å². The van der Waals surface area contributed by atoms with Gasteiger partial charge in [-0.1, -0.05) is 85.0 Å². The molecule has 2 aliphatic rings. The van der Waals surface area contributed by atoms with Crippen LogP contribution in [-0.2, 0) is 0 Å². The van der Waals surface area contributed by atoms with Crippen LogP contribution in [0.3, 0.4) is 0 Å². The average molecular weight is 310 g/mol. The van der Waals surface area contributed by atoms with Crippen LogP contribution in [0.25, 0.3) is 11.1 Å². The van der Waals surface area contributed by atoms with Crippen molar-refractivity contribution in [2.75, 3.05) is 0 Å². The lowest BCUT2D eigenvalue weighted by atomic mass is 9.86. The van der Waals surface area contributed by atoms with Gasteiger partial charge in [0.15, 0.2) is 5.78 Å². The van der Waals surface area contributed by atoms with Crippen LogP contribution in [0.1, 0.15) is 39.9 Å². The van der Waals surface area contributed by atoms with E-state index in [0.29, 0.717) is 0 Å². The number of carbonyl (C=O) groups is 1. The summed E-state index contributed by atoms with van der Waals surface area (Å²) in [6.45, 7) is 0. The van der Waals surface area contributed by atoms with E-state index >= 15 is 0 Å².